The van der Waals surface area contributed by atoms with Crippen molar-refractivity contribution in [2.75, 3.05) is 13.2 Å². The first kappa shape index (κ1) is 12.5. The van der Waals surface area contributed by atoms with E-state index in [1.54, 1.807) is 6.92 Å². The van der Waals surface area contributed by atoms with Gasteiger partial charge < -0.3 is 9.84 Å². The molecule has 0 aromatic carbocycles. The lowest BCUT2D eigenvalue weighted by Gasteiger charge is -2.33. The lowest BCUT2D eigenvalue weighted by atomic mass is 9.94. The Labute approximate surface area is 91.0 Å². The van der Waals surface area contributed by atoms with E-state index in [0.717, 1.165) is 25.9 Å². The second kappa shape index (κ2) is 5.47. The summed E-state index contributed by atoms with van der Waals surface area (Å²) >= 11 is 0. The van der Waals surface area contributed by atoms with Crippen molar-refractivity contribution < 1.29 is 14.6 Å². The first-order valence-corrected chi connectivity index (χ1v) is 5.67. The summed E-state index contributed by atoms with van der Waals surface area (Å²) in [4.78, 5) is 11.2. The van der Waals surface area contributed by atoms with Crippen molar-refractivity contribution >= 4 is 5.97 Å². The van der Waals surface area contributed by atoms with Gasteiger partial charge in [-0.2, -0.15) is 0 Å². The van der Waals surface area contributed by atoms with Crippen LogP contribution in [-0.4, -0.2) is 35.9 Å². The van der Waals surface area contributed by atoms with Crippen LogP contribution in [-0.2, 0) is 9.53 Å². The number of hydrogen-bond donors (Lipinski definition) is 2. The average Bonchev–Trinajstić information content (AvgIpc) is 2.19. The van der Waals surface area contributed by atoms with E-state index in [1.807, 2.05) is 6.92 Å². The molecule has 1 fully saturated rings. The van der Waals surface area contributed by atoms with Crippen LogP contribution in [0.5, 0.6) is 0 Å². The van der Waals surface area contributed by atoms with Gasteiger partial charge in [0.1, 0.15) is 5.54 Å². The summed E-state index contributed by atoms with van der Waals surface area (Å²) < 4.78 is 5.33. The predicted molar refractivity (Wildman–Crippen MR) is 57.9 cm³/mol. The highest BCUT2D eigenvalue weighted by Gasteiger charge is 2.34. The Hall–Kier alpha value is -0.610. The molecule has 4 heteroatoms. The van der Waals surface area contributed by atoms with Crippen LogP contribution < -0.4 is 5.32 Å². The first-order valence-electron chi connectivity index (χ1n) is 5.67. The van der Waals surface area contributed by atoms with Gasteiger partial charge in [0.25, 0.3) is 0 Å². The fraction of sp³-hybridized carbons (Fsp3) is 0.909. The summed E-state index contributed by atoms with van der Waals surface area (Å²) in [6, 6.07) is 0.186. The lowest BCUT2D eigenvalue weighted by molar-refractivity contribution is -0.145. The predicted octanol–water partition coefficient (Wildman–Crippen LogP) is 1.40. The van der Waals surface area contributed by atoms with Crippen molar-refractivity contribution in [3.63, 3.8) is 0 Å². The normalized spacial score (nSPS) is 25.9. The van der Waals surface area contributed by atoms with E-state index in [9.17, 15) is 9.90 Å². The number of aliphatic carboxylic acids is 1. The maximum Gasteiger partial charge on any atom is 0.323 e. The standard InChI is InChI=1S/C11H21NO3/c1-3-6-11(2,10(13)14)12-9-5-4-7-15-8-9/h9,12H,3-8H2,1-2H3,(H,13,14). The summed E-state index contributed by atoms with van der Waals surface area (Å²) in [5.74, 6) is -0.769. The Morgan fingerprint density at radius 1 is 1.67 bits per heavy atom. The highest BCUT2D eigenvalue weighted by atomic mass is 16.5. The molecule has 4 nitrogen and oxygen atoms in total. The largest absolute Gasteiger partial charge is 0.480 e. The maximum atomic E-state index is 11.2. The lowest BCUT2D eigenvalue weighted by Crippen LogP contribution is -2.55. The van der Waals surface area contributed by atoms with Gasteiger partial charge in [0.15, 0.2) is 0 Å². The van der Waals surface area contributed by atoms with E-state index in [-0.39, 0.29) is 6.04 Å². The van der Waals surface area contributed by atoms with Crippen LogP contribution in [0.4, 0.5) is 0 Å². The molecule has 2 N–H and O–H groups in total. The quantitative estimate of drug-likeness (QED) is 0.727. The van der Waals surface area contributed by atoms with Crippen molar-refractivity contribution in [1.29, 1.82) is 0 Å². The molecule has 0 amide bonds. The minimum absolute atomic E-state index is 0.186. The molecule has 0 aromatic rings. The molecule has 0 aromatic heterocycles. The topological polar surface area (TPSA) is 58.6 Å². The van der Waals surface area contributed by atoms with Crippen LogP contribution in [0.2, 0.25) is 0 Å². The molecule has 1 rings (SSSR count). The zero-order chi connectivity index (χ0) is 11.3. The number of carbonyl (C=O) groups is 1. The van der Waals surface area contributed by atoms with Gasteiger partial charge in [0.05, 0.1) is 6.61 Å². The van der Waals surface area contributed by atoms with E-state index in [2.05, 4.69) is 5.32 Å². The van der Waals surface area contributed by atoms with Crippen LogP contribution in [0.25, 0.3) is 0 Å². The number of hydrogen-bond acceptors (Lipinski definition) is 3. The average molecular weight is 215 g/mol. The Bertz CT molecular complexity index is 214. The molecular weight excluding hydrogens is 194 g/mol. The summed E-state index contributed by atoms with van der Waals surface area (Å²) in [7, 11) is 0. The molecule has 2 atom stereocenters. The molecule has 88 valence electrons. The zero-order valence-corrected chi connectivity index (χ0v) is 9.58. The van der Waals surface area contributed by atoms with Crippen molar-refractivity contribution in [3.05, 3.63) is 0 Å². The molecule has 1 aliphatic rings. The first-order chi connectivity index (χ1) is 7.08. The Balaban J connectivity index is 2.52. The van der Waals surface area contributed by atoms with Crippen LogP contribution in [0.15, 0.2) is 0 Å². The number of nitrogens with one attached hydrogen (secondary N) is 1. The summed E-state index contributed by atoms with van der Waals surface area (Å²) in [6.45, 7) is 5.19. The molecule has 1 aliphatic heterocycles. The SMILES string of the molecule is CCCC(C)(NC1CCCOC1)C(=O)O. The molecule has 0 saturated carbocycles. The summed E-state index contributed by atoms with van der Waals surface area (Å²) in [5.41, 5.74) is -0.805. The van der Waals surface area contributed by atoms with Crippen LogP contribution in [0.1, 0.15) is 39.5 Å². The Morgan fingerprint density at radius 3 is 2.87 bits per heavy atom. The molecule has 0 aliphatic carbocycles. The van der Waals surface area contributed by atoms with Crippen LogP contribution in [0, 0.1) is 0 Å². The molecule has 0 bridgehead atoms. The van der Waals surface area contributed by atoms with E-state index >= 15 is 0 Å². The van der Waals surface area contributed by atoms with Gasteiger partial charge in [-0.3, -0.25) is 10.1 Å². The Kier molecular flexibility index (Phi) is 4.54. The van der Waals surface area contributed by atoms with Crippen molar-refractivity contribution in [2.45, 2.75) is 51.1 Å². The highest BCUT2D eigenvalue weighted by molar-refractivity contribution is 5.78. The number of carboxylic acid groups (broad SMARTS) is 1. The third kappa shape index (κ3) is 3.47. The van der Waals surface area contributed by atoms with Crippen LogP contribution >= 0.6 is 0 Å². The van der Waals surface area contributed by atoms with E-state index < -0.39 is 11.5 Å². The maximum absolute atomic E-state index is 11.2. The second-order valence-electron chi connectivity index (χ2n) is 4.45. The molecule has 0 radical (unpaired) electrons. The van der Waals surface area contributed by atoms with Gasteiger partial charge in [-0.25, -0.2) is 0 Å². The Morgan fingerprint density at radius 2 is 2.40 bits per heavy atom. The number of ether oxygens (including phenoxy) is 1. The van der Waals surface area contributed by atoms with Crippen molar-refractivity contribution in [1.82, 2.24) is 5.32 Å². The zero-order valence-electron chi connectivity index (χ0n) is 9.58. The highest BCUT2D eigenvalue weighted by Crippen LogP contribution is 2.16. The summed E-state index contributed by atoms with van der Waals surface area (Å²) in [6.07, 6.45) is 3.54. The van der Waals surface area contributed by atoms with Gasteiger partial charge in [-0.1, -0.05) is 13.3 Å². The van der Waals surface area contributed by atoms with Crippen molar-refractivity contribution in [3.8, 4) is 0 Å². The van der Waals surface area contributed by atoms with E-state index in [1.165, 1.54) is 0 Å². The fourth-order valence-electron chi connectivity index (χ4n) is 2.05. The van der Waals surface area contributed by atoms with Crippen molar-refractivity contribution in [2.24, 2.45) is 0 Å². The molecule has 1 saturated heterocycles. The minimum Gasteiger partial charge on any atom is -0.480 e. The number of carboxylic acids is 1. The third-order valence-electron chi connectivity index (χ3n) is 2.91. The van der Waals surface area contributed by atoms with E-state index in [0.29, 0.717) is 13.0 Å². The molecule has 1 heterocycles. The number of rotatable bonds is 5. The van der Waals surface area contributed by atoms with Gasteiger partial charge in [0, 0.05) is 12.6 Å². The van der Waals surface area contributed by atoms with Gasteiger partial charge in [-0.05, 0) is 26.2 Å². The molecule has 2 unspecified atom stereocenters. The van der Waals surface area contributed by atoms with Gasteiger partial charge in [0.2, 0.25) is 0 Å². The van der Waals surface area contributed by atoms with E-state index in [4.69, 9.17) is 4.74 Å². The van der Waals surface area contributed by atoms with Gasteiger partial charge in [-0.15, -0.1) is 0 Å². The van der Waals surface area contributed by atoms with Crippen LogP contribution in [0.3, 0.4) is 0 Å². The molecule has 15 heavy (non-hydrogen) atoms. The van der Waals surface area contributed by atoms with Gasteiger partial charge >= 0.3 is 5.97 Å². The monoisotopic (exact) mass is 215 g/mol. The smallest absolute Gasteiger partial charge is 0.323 e. The second-order valence-corrected chi connectivity index (χ2v) is 4.45. The minimum atomic E-state index is -0.805. The third-order valence-corrected chi connectivity index (χ3v) is 2.91. The molecule has 0 spiro atoms. The fourth-order valence-corrected chi connectivity index (χ4v) is 2.05. The summed E-state index contributed by atoms with van der Waals surface area (Å²) in [5, 5.41) is 12.4. The molecular formula is C11H21NO3.